The summed E-state index contributed by atoms with van der Waals surface area (Å²) in [6.07, 6.45) is 0. The van der Waals surface area contributed by atoms with E-state index in [-0.39, 0.29) is 6.03 Å². The summed E-state index contributed by atoms with van der Waals surface area (Å²) in [6.45, 7) is 2.24. The topological polar surface area (TPSA) is 44.4 Å². The molecule has 1 fully saturated rings. The van der Waals surface area contributed by atoms with Gasteiger partial charge in [0.25, 0.3) is 0 Å². The second-order valence-corrected chi connectivity index (χ2v) is 2.01. The Bertz CT molecular complexity index is 115. The summed E-state index contributed by atoms with van der Waals surface area (Å²) in [7, 11) is 1.82. The molecule has 4 nitrogen and oxygen atoms in total. The molecule has 0 aliphatic carbocycles. The Morgan fingerprint density at radius 3 is 3.11 bits per heavy atom. The van der Waals surface area contributed by atoms with E-state index in [1.807, 2.05) is 7.05 Å². The van der Waals surface area contributed by atoms with Crippen molar-refractivity contribution in [1.29, 1.82) is 0 Å². The average molecular weight is 129 g/mol. The number of hydrogen-bond donors (Lipinski definition) is 2. The van der Waals surface area contributed by atoms with Crippen LogP contribution in [0.5, 0.6) is 0 Å². The van der Waals surface area contributed by atoms with Gasteiger partial charge in [-0.15, -0.1) is 0 Å². The number of carbonyl (C=O) groups is 1. The molecule has 0 aromatic heterocycles. The zero-order valence-corrected chi connectivity index (χ0v) is 5.48. The molecule has 52 valence electrons. The fourth-order valence-electron chi connectivity index (χ4n) is 0.853. The third-order valence-corrected chi connectivity index (χ3v) is 1.29. The number of nitrogens with one attached hydrogen (secondary N) is 2. The minimum Gasteiger partial charge on any atom is -0.336 e. The highest BCUT2D eigenvalue weighted by molar-refractivity contribution is 5.75. The van der Waals surface area contributed by atoms with Crippen LogP contribution in [0, 0.1) is 0 Å². The van der Waals surface area contributed by atoms with E-state index < -0.39 is 0 Å². The SMILES string of the molecule is CNCN1CCNC1=O. The highest BCUT2D eigenvalue weighted by atomic mass is 16.2. The van der Waals surface area contributed by atoms with Gasteiger partial charge >= 0.3 is 6.03 Å². The van der Waals surface area contributed by atoms with Gasteiger partial charge in [0.15, 0.2) is 0 Å². The van der Waals surface area contributed by atoms with Gasteiger partial charge < -0.3 is 15.5 Å². The lowest BCUT2D eigenvalue weighted by Crippen LogP contribution is -2.34. The van der Waals surface area contributed by atoms with Crippen molar-refractivity contribution in [2.75, 3.05) is 26.8 Å². The van der Waals surface area contributed by atoms with Gasteiger partial charge in [-0.25, -0.2) is 4.79 Å². The van der Waals surface area contributed by atoms with E-state index in [1.165, 1.54) is 0 Å². The minimum atomic E-state index is 0.0318. The standard InChI is InChI=1S/C5H11N3O/c1-6-4-8-3-2-7-5(8)9/h6H,2-4H2,1H3,(H,7,9). The maximum atomic E-state index is 10.7. The van der Waals surface area contributed by atoms with Crippen LogP contribution < -0.4 is 10.6 Å². The quantitative estimate of drug-likeness (QED) is 0.512. The molecule has 0 aromatic rings. The Kier molecular flexibility index (Phi) is 1.89. The van der Waals surface area contributed by atoms with Crippen molar-refractivity contribution in [3.05, 3.63) is 0 Å². The van der Waals surface area contributed by atoms with Crippen LogP contribution in [-0.2, 0) is 0 Å². The average Bonchev–Trinajstić information content (AvgIpc) is 2.18. The van der Waals surface area contributed by atoms with Gasteiger partial charge in [-0.3, -0.25) is 0 Å². The van der Waals surface area contributed by atoms with Crippen molar-refractivity contribution in [1.82, 2.24) is 15.5 Å². The van der Waals surface area contributed by atoms with Crippen LogP contribution in [0.4, 0.5) is 4.79 Å². The molecule has 1 aliphatic heterocycles. The number of urea groups is 1. The predicted octanol–water partition coefficient (Wildman–Crippen LogP) is -0.811. The molecule has 0 aromatic carbocycles. The fraction of sp³-hybridized carbons (Fsp3) is 0.800. The zero-order valence-electron chi connectivity index (χ0n) is 5.48. The molecule has 0 unspecified atom stereocenters. The number of hydrogen-bond acceptors (Lipinski definition) is 2. The highest BCUT2D eigenvalue weighted by Gasteiger charge is 2.17. The van der Waals surface area contributed by atoms with Gasteiger partial charge in [0.1, 0.15) is 0 Å². The Balaban J connectivity index is 2.31. The van der Waals surface area contributed by atoms with Crippen LogP contribution in [0.15, 0.2) is 0 Å². The third-order valence-electron chi connectivity index (χ3n) is 1.29. The molecule has 9 heavy (non-hydrogen) atoms. The van der Waals surface area contributed by atoms with Crippen LogP contribution in [0.2, 0.25) is 0 Å². The maximum absolute atomic E-state index is 10.7. The van der Waals surface area contributed by atoms with Crippen LogP contribution in [0.25, 0.3) is 0 Å². The van der Waals surface area contributed by atoms with E-state index in [0.29, 0.717) is 6.67 Å². The van der Waals surface area contributed by atoms with Crippen molar-refractivity contribution < 1.29 is 4.79 Å². The number of rotatable bonds is 2. The van der Waals surface area contributed by atoms with E-state index in [1.54, 1.807) is 4.90 Å². The lowest BCUT2D eigenvalue weighted by atomic mass is 10.6. The molecule has 0 bridgehead atoms. The highest BCUT2D eigenvalue weighted by Crippen LogP contribution is 1.92. The number of nitrogens with zero attached hydrogens (tertiary/aromatic N) is 1. The normalized spacial score (nSPS) is 18.3. The Labute approximate surface area is 54.2 Å². The first-order valence-corrected chi connectivity index (χ1v) is 3.02. The van der Waals surface area contributed by atoms with Crippen LogP contribution in [-0.4, -0.2) is 37.7 Å². The molecular formula is C5H11N3O. The van der Waals surface area contributed by atoms with Crippen LogP contribution in [0.3, 0.4) is 0 Å². The molecule has 0 saturated carbocycles. The predicted molar refractivity (Wildman–Crippen MR) is 34.0 cm³/mol. The molecule has 2 amide bonds. The summed E-state index contributed by atoms with van der Waals surface area (Å²) in [4.78, 5) is 12.5. The van der Waals surface area contributed by atoms with E-state index in [4.69, 9.17) is 0 Å². The molecule has 0 atom stereocenters. The summed E-state index contributed by atoms with van der Waals surface area (Å²) in [5, 5.41) is 5.61. The Morgan fingerprint density at radius 2 is 2.67 bits per heavy atom. The van der Waals surface area contributed by atoms with Gasteiger partial charge in [0.2, 0.25) is 0 Å². The van der Waals surface area contributed by atoms with Crippen molar-refractivity contribution in [3.63, 3.8) is 0 Å². The number of carbonyl (C=O) groups excluding carboxylic acids is 1. The zero-order chi connectivity index (χ0) is 6.69. The monoisotopic (exact) mass is 129 g/mol. The maximum Gasteiger partial charge on any atom is 0.318 e. The van der Waals surface area contributed by atoms with Gasteiger partial charge in [0, 0.05) is 13.1 Å². The molecular weight excluding hydrogens is 118 g/mol. The number of amides is 2. The van der Waals surface area contributed by atoms with Gasteiger partial charge in [-0.05, 0) is 7.05 Å². The minimum absolute atomic E-state index is 0.0318. The van der Waals surface area contributed by atoms with Crippen molar-refractivity contribution in [2.45, 2.75) is 0 Å². The van der Waals surface area contributed by atoms with E-state index in [0.717, 1.165) is 13.1 Å². The van der Waals surface area contributed by atoms with Crippen LogP contribution in [0.1, 0.15) is 0 Å². The molecule has 0 spiro atoms. The summed E-state index contributed by atoms with van der Waals surface area (Å²) in [5.74, 6) is 0. The van der Waals surface area contributed by atoms with Crippen molar-refractivity contribution in [2.24, 2.45) is 0 Å². The molecule has 0 radical (unpaired) electrons. The lowest BCUT2D eigenvalue weighted by molar-refractivity contribution is 0.215. The summed E-state index contributed by atoms with van der Waals surface area (Å²) in [5.41, 5.74) is 0. The van der Waals surface area contributed by atoms with E-state index >= 15 is 0 Å². The third kappa shape index (κ3) is 1.32. The van der Waals surface area contributed by atoms with Gasteiger partial charge in [-0.2, -0.15) is 0 Å². The molecule has 2 N–H and O–H groups in total. The fourth-order valence-corrected chi connectivity index (χ4v) is 0.853. The summed E-state index contributed by atoms with van der Waals surface area (Å²) < 4.78 is 0. The summed E-state index contributed by atoms with van der Waals surface area (Å²) in [6, 6.07) is 0.0318. The Morgan fingerprint density at radius 1 is 1.89 bits per heavy atom. The first-order valence-electron chi connectivity index (χ1n) is 3.02. The molecule has 1 heterocycles. The van der Waals surface area contributed by atoms with E-state index in [2.05, 4.69) is 10.6 Å². The van der Waals surface area contributed by atoms with Gasteiger partial charge in [0.05, 0.1) is 6.67 Å². The van der Waals surface area contributed by atoms with Crippen molar-refractivity contribution in [3.8, 4) is 0 Å². The summed E-state index contributed by atoms with van der Waals surface area (Å²) >= 11 is 0. The molecule has 1 saturated heterocycles. The smallest absolute Gasteiger partial charge is 0.318 e. The second kappa shape index (κ2) is 2.68. The second-order valence-electron chi connectivity index (χ2n) is 2.01. The Hall–Kier alpha value is -0.770. The van der Waals surface area contributed by atoms with Gasteiger partial charge in [-0.1, -0.05) is 0 Å². The first kappa shape index (κ1) is 6.35. The lowest BCUT2D eigenvalue weighted by Gasteiger charge is -2.11. The first-order chi connectivity index (χ1) is 4.34. The van der Waals surface area contributed by atoms with Crippen LogP contribution >= 0.6 is 0 Å². The molecule has 1 rings (SSSR count). The van der Waals surface area contributed by atoms with E-state index in [9.17, 15) is 4.79 Å². The largest absolute Gasteiger partial charge is 0.336 e. The molecule has 4 heteroatoms. The van der Waals surface area contributed by atoms with Crippen molar-refractivity contribution >= 4 is 6.03 Å². The molecule has 1 aliphatic rings.